The maximum atomic E-state index is 11.6. The van der Waals surface area contributed by atoms with Crippen molar-refractivity contribution in [1.82, 2.24) is 5.32 Å². The zero-order chi connectivity index (χ0) is 13.9. The summed E-state index contributed by atoms with van der Waals surface area (Å²) in [6, 6.07) is 2.69. The van der Waals surface area contributed by atoms with Crippen LogP contribution < -0.4 is 15.0 Å². The van der Waals surface area contributed by atoms with Crippen LogP contribution in [0.2, 0.25) is 0 Å². The molecule has 0 saturated heterocycles. The van der Waals surface area contributed by atoms with E-state index >= 15 is 0 Å². The molecule has 0 atom stereocenters. The van der Waals surface area contributed by atoms with E-state index in [1.165, 1.54) is 26.3 Å². The van der Waals surface area contributed by atoms with Gasteiger partial charge < -0.3 is 15.0 Å². The molecule has 0 radical (unpaired) electrons. The van der Waals surface area contributed by atoms with Gasteiger partial charge in [0.05, 0.1) is 17.6 Å². The fourth-order valence-electron chi connectivity index (χ4n) is 1.54. The van der Waals surface area contributed by atoms with E-state index in [-0.39, 0.29) is 11.3 Å². The second kappa shape index (κ2) is 5.35. The highest BCUT2D eigenvalue weighted by Crippen LogP contribution is 2.34. The summed E-state index contributed by atoms with van der Waals surface area (Å²) in [5.74, 6) is -0.135. The van der Waals surface area contributed by atoms with E-state index in [9.17, 15) is 14.9 Å². The van der Waals surface area contributed by atoms with E-state index in [0.29, 0.717) is 11.4 Å². The molecular formula is C11H15N3O4. The summed E-state index contributed by atoms with van der Waals surface area (Å²) in [6.45, 7) is 0. The van der Waals surface area contributed by atoms with Gasteiger partial charge in [0.2, 0.25) is 0 Å². The number of nitrogens with one attached hydrogen (secondary N) is 1. The number of ether oxygens (including phenoxy) is 1. The first-order chi connectivity index (χ1) is 8.42. The van der Waals surface area contributed by atoms with Crippen LogP contribution in [0.5, 0.6) is 5.75 Å². The summed E-state index contributed by atoms with van der Waals surface area (Å²) in [6.07, 6.45) is 0. The van der Waals surface area contributed by atoms with Crippen LogP contribution in [-0.2, 0) is 0 Å². The first kappa shape index (κ1) is 13.8. The van der Waals surface area contributed by atoms with Crippen LogP contribution in [0.4, 0.5) is 11.4 Å². The maximum absolute atomic E-state index is 11.6. The van der Waals surface area contributed by atoms with Crippen molar-refractivity contribution in [2.24, 2.45) is 0 Å². The molecule has 0 heterocycles. The lowest BCUT2D eigenvalue weighted by Gasteiger charge is -2.15. The van der Waals surface area contributed by atoms with E-state index < -0.39 is 10.8 Å². The van der Waals surface area contributed by atoms with Crippen molar-refractivity contribution in [3.8, 4) is 5.75 Å². The number of hydrogen-bond acceptors (Lipinski definition) is 5. The molecule has 18 heavy (non-hydrogen) atoms. The van der Waals surface area contributed by atoms with E-state index in [1.54, 1.807) is 19.0 Å². The van der Waals surface area contributed by atoms with Crippen LogP contribution in [0.25, 0.3) is 0 Å². The number of nitro groups is 1. The molecule has 0 spiro atoms. The average molecular weight is 253 g/mol. The largest absolute Gasteiger partial charge is 0.496 e. The highest BCUT2D eigenvalue weighted by Gasteiger charge is 2.22. The number of hydrogen-bond donors (Lipinski definition) is 1. The Labute approximate surface area is 104 Å². The van der Waals surface area contributed by atoms with Gasteiger partial charge in [-0.05, 0) is 0 Å². The van der Waals surface area contributed by atoms with E-state index in [1.807, 2.05) is 0 Å². The molecule has 98 valence electrons. The first-order valence-corrected chi connectivity index (χ1v) is 5.18. The Morgan fingerprint density at radius 1 is 1.44 bits per heavy atom. The fraction of sp³-hybridized carbons (Fsp3) is 0.364. The molecule has 1 rings (SSSR count). The van der Waals surface area contributed by atoms with Crippen LogP contribution in [0.15, 0.2) is 12.1 Å². The summed E-state index contributed by atoms with van der Waals surface area (Å²) in [5.41, 5.74) is 0.376. The number of anilines is 1. The van der Waals surface area contributed by atoms with Gasteiger partial charge in [-0.3, -0.25) is 14.9 Å². The molecule has 0 aromatic heterocycles. The number of benzene rings is 1. The lowest BCUT2D eigenvalue weighted by molar-refractivity contribution is -0.384. The van der Waals surface area contributed by atoms with Crippen LogP contribution in [0, 0.1) is 10.1 Å². The minimum absolute atomic E-state index is 0.136. The lowest BCUT2D eigenvalue weighted by Crippen LogP contribution is -2.20. The minimum atomic E-state index is -0.527. The molecule has 1 aromatic rings. The minimum Gasteiger partial charge on any atom is -0.496 e. The van der Waals surface area contributed by atoms with Gasteiger partial charge in [-0.1, -0.05) is 0 Å². The topological polar surface area (TPSA) is 84.7 Å². The summed E-state index contributed by atoms with van der Waals surface area (Å²) in [4.78, 5) is 23.7. The standard InChI is InChI=1S/C11H15N3O4/c1-12-11(15)7-5-9(14(16)17)8(13(2)3)6-10(7)18-4/h5-6H,1-4H3,(H,12,15). The number of carbonyl (C=O) groups excluding carboxylic acids is 1. The molecule has 0 aliphatic heterocycles. The zero-order valence-corrected chi connectivity index (χ0v) is 10.7. The number of rotatable bonds is 4. The van der Waals surface area contributed by atoms with Crippen molar-refractivity contribution in [3.05, 3.63) is 27.8 Å². The van der Waals surface area contributed by atoms with Gasteiger partial charge in [-0.25, -0.2) is 0 Å². The van der Waals surface area contributed by atoms with Crippen LogP contribution in [0.3, 0.4) is 0 Å². The smallest absolute Gasteiger partial charge is 0.293 e. The van der Waals surface area contributed by atoms with Crippen molar-refractivity contribution < 1.29 is 14.5 Å². The predicted molar refractivity (Wildman–Crippen MR) is 67.4 cm³/mol. The summed E-state index contributed by atoms with van der Waals surface area (Å²) >= 11 is 0. The molecule has 0 unspecified atom stereocenters. The highest BCUT2D eigenvalue weighted by atomic mass is 16.6. The van der Waals surface area contributed by atoms with Gasteiger partial charge >= 0.3 is 0 Å². The summed E-state index contributed by atoms with van der Waals surface area (Å²) < 4.78 is 5.08. The number of amides is 1. The SMILES string of the molecule is CNC(=O)c1cc([N+](=O)[O-])c(N(C)C)cc1OC. The third-order valence-electron chi connectivity index (χ3n) is 2.45. The van der Waals surface area contributed by atoms with E-state index in [0.717, 1.165) is 0 Å². The van der Waals surface area contributed by atoms with Crippen LogP contribution in [0.1, 0.15) is 10.4 Å². The second-order valence-electron chi connectivity index (χ2n) is 3.77. The molecule has 0 aliphatic carbocycles. The molecule has 1 aromatic carbocycles. The van der Waals surface area contributed by atoms with Gasteiger partial charge in [0.1, 0.15) is 11.4 Å². The average Bonchev–Trinajstić information content (AvgIpc) is 2.35. The van der Waals surface area contributed by atoms with Crippen molar-refractivity contribution in [1.29, 1.82) is 0 Å². The van der Waals surface area contributed by atoms with Crippen molar-refractivity contribution in [3.63, 3.8) is 0 Å². The number of carbonyl (C=O) groups is 1. The molecule has 7 heteroatoms. The van der Waals surface area contributed by atoms with Crippen LogP contribution in [-0.4, -0.2) is 39.1 Å². The molecular weight excluding hydrogens is 238 g/mol. The van der Waals surface area contributed by atoms with Gasteiger partial charge in [0, 0.05) is 33.3 Å². The number of nitro benzene ring substituents is 1. The molecule has 1 amide bonds. The fourth-order valence-corrected chi connectivity index (χ4v) is 1.54. The van der Waals surface area contributed by atoms with Gasteiger partial charge in [0.15, 0.2) is 0 Å². The highest BCUT2D eigenvalue weighted by molar-refractivity contribution is 5.98. The van der Waals surface area contributed by atoms with Crippen molar-refractivity contribution in [2.45, 2.75) is 0 Å². The normalized spacial score (nSPS) is 9.78. The van der Waals surface area contributed by atoms with Gasteiger partial charge in [-0.15, -0.1) is 0 Å². The quantitative estimate of drug-likeness (QED) is 0.640. The number of nitrogens with zero attached hydrogens (tertiary/aromatic N) is 2. The molecule has 0 fully saturated rings. The van der Waals surface area contributed by atoms with E-state index in [2.05, 4.69) is 5.32 Å². The summed E-state index contributed by atoms with van der Waals surface area (Å²) in [5, 5.41) is 13.4. The Kier molecular flexibility index (Phi) is 4.09. The molecule has 0 saturated carbocycles. The second-order valence-corrected chi connectivity index (χ2v) is 3.77. The third-order valence-corrected chi connectivity index (χ3v) is 2.45. The Bertz CT molecular complexity index is 485. The Morgan fingerprint density at radius 2 is 2.06 bits per heavy atom. The molecule has 0 bridgehead atoms. The van der Waals surface area contributed by atoms with Gasteiger partial charge in [-0.2, -0.15) is 0 Å². The van der Waals surface area contributed by atoms with Crippen molar-refractivity contribution >= 4 is 17.3 Å². The third kappa shape index (κ3) is 2.50. The molecule has 0 aliphatic rings. The Hall–Kier alpha value is -2.31. The van der Waals surface area contributed by atoms with Crippen LogP contribution >= 0.6 is 0 Å². The van der Waals surface area contributed by atoms with Crippen molar-refractivity contribution in [2.75, 3.05) is 33.2 Å². The van der Waals surface area contributed by atoms with Gasteiger partial charge in [0.25, 0.3) is 11.6 Å². The van der Waals surface area contributed by atoms with E-state index in [4.69, 9.17) is 4.74 Å². The number of methoxy groups -OCH3 is 1. The Morgan fingerprint density at radius 3 is 2.44 bits per heavy atom. The summed E-state index contributed by atoms with van der Waals surface area (Å²) in [7, 11) is 6.23. The predicted octanol–water partition coefficient (Wildman–Crippen LogP) is 1.03. The lowest BCUT2D eigenvalue weighted by atomic mass is 10.1. The Balaban J connectivity index is 3.51. The zero-order valence-electron chi connectivity index (χ0n) is 10.7. The molecule has 1 N–H and O–H groups in total. The molecule has 7 nitrogen and oxygen atoms in total. The maximum Gasteiger partial charge on any atom is 0.293 e. The monoisotopic (exact) mass is 253 g/mol. The first-order valence-electron chi connectivity index (χ1n) is 5.18.